The third kappa shape index (κ3) is 7.33. The number of carbonyl (C=O) groups is 1. The van der Waals surface area contributed by atoms with Crippen LogP contribution in [0.1, 0.15) is 61.8 Å². The summed E-state index contributed by atoms with van der Waals surface area (Å²) in [4.78, 5) is 22.0. The summed E-state index contributed by atoms with van der Waals surface area (Å²) in [6.07, 6.45) is 0.770. The minimum atomic E-state index is -2.45. The maximum atomic E-state index is 11.1. The van der Waals surface area contributed by atoms with Crippen LogP contribution in [-0.4, -0.2) is 53.1 Å². The van der Waals surface area contributed by atoms with Gasteiger partial charge in [-0.1, -0.05) is 47.1 Å². The SMILES string of the molecule is C=C(C)C[Si]1(CCCOC(C)=O)O[SiH](C(C)C)C(C)[SiH](C(C)[SiH](O)C(C)C)O1. The van der Waals surface area contributed by atoms with E-state index in [1.54, 1.807) is 0 Å². The standard InChI is InChI=1S/C19H42O5Si4/c1-14(2)13-28(12-10-11-22-17(7)20)23-26(16(5)6)19(9)27(24-28)18(8)25(21)15(3)4/h15-16,18-19,21,25-27H,1,10-13H2,2-9H3. The first kappa shape index (κ1) is 26.0. The van der Waals surface area contributed by atoms with Gasteiger partial charge < -0.3 is 17.8 Å². The molecule has 6 atom stereocenters. The molecule has 6 unspecified atom stereocenters. The largest absolute Gasteiger partial charge is 0.466 e. The summed E-state index contributed by atoms with van der Waals surface area (Å²) in [5, 5.41) is 0.841. The Hall–Kier alpha value is -0.0425. The summed E-state index contributed by atoms with van der Waals surface area (Å²) in [6, 6.07) is 1.65. The lowest BCUT2D eigenvalue weighted by Gasteiger charge is -2.50. The topological polar surface area (TPSA) is 65.0 Å². The molecule has 1 heterocycles. The highest BCUT2D eigenvalue weighted by molar-refractivity contribution is 6.94. The summed E-state index contributed by atoms with van der Waals surface area (Å²) in [5.74, 6) is -0.240. The van der Waals surface area contributed by atoms with Gasteiger partial charge in [0.2, 0.25) is 0 Å². The van der Waals surface area contributed by atoms with E-state index in [0.717, 1.165) is 24.1 Å². The molecule has 0 aliphatic carbocycles. The smallest absolute Gasteiger partial charge is 0.321 e. The molecule has 0 aromatic carbocycles. The molecule has 5 nitrogen and oxygen atoms in total. The Balaban J connectivity index is 3.13. The Morgan fingerprint density at radius 2 is 1.79 bits per heavy atom. The van der Waals surface area contributed by atoms with Gasteiger partial charge in [-0.25, -0.2) is 0 Å². The molecule has 0 amide bonds. The van der Waals surface area contributed by atoms with Crippen molar-refractivity contribution in [3.8, 4) is 0 Å². The van der Waals surface area contributed by atoms with E-state index >= 15 is 0 Å². The van der Waals surface area contributed by atoms with Crippen LogP contribution in [0, 0.1) is 0 Å². The lowest BCUT2D eigenvalue weighted by atomic mass is 10.4. The van der Waals surface area contributed by atoms with Crippen molar-refractivity contribution in [1.29, 1.82) is 0 Å². The van der Waals surface area contributed by atoms with Gasteiger partial charge in [-0.15, -0.1) is 6.58 Å². The Kier molecular flexibility index (Phi) is 10.6. The summed E-state index contributed by atoms with van der Waals surface area (Å²) in [6.45, 7) is 21.5. The number of hydrogen-bond acceptors (Lipinski definition) is 5. The van der Waals surface area contributed by atoms with Gasteiger partial charge in [-0.05, 0) is 40.8 Å². The van der Waals surface area contributed by atoms with Crippen molar-refractivity contribution in [1.82, 2.24) is 0 Å². The third-order valence-electron chi connectivity index (χ3n) is 5.71. The van der Waals surface area contributed by atoms with Gasteiger partial charge >= 0.3 is 14.5 Å². The van der Waals surface area contributed by atoms with Crippen LogP contribution in [0.15, 0.2) is 12.2 Å². The van der Waals surface area contributed by atoms with Gasteiger partial charge in [-0.2, -0.15) is 0 Å². The first-order valence-corrected chi connectivity index (χ1v) is 18.4. The number of carbonyl (C=O) groups excluding carboxylic acids is 1. The maximum Gasteiger partial charge on any atom is 0.321 e. The Morgan fingerprint density at radius 3 is 2.25 bits per heavy atom. The molecule has 1 rings (SSSR count). The zero-order valence-electron chi connectivity index (χ0n) is 19.2. The molecule has 0 saturated carbocycles. The van der Waals surface area contributed by atoms with E-state index in [9.17, 15) is 9.59 Å². The Labute approximate surface area is 178 Å². The van der Waals surface area contributed by atoms with Crippen LogP contribution in [0.4, 0.5) is 0 Å². The molecule has 28 heavy (non-hydrogen) atoms. The molecule has 0 aromatic heterocycles. The van der Waals surface area contributed by atoms with Crippen molar-refractivity contribution < 1.29 is 22.6 Å². The second-order valence-corrected chi connectivity index (χ2v) is 25.2. The van der Waals surface area contributed by atoms with Crippen molar-refractivity contribution in [2.75, 3.05) is 6.61 Å². The average molecular weight is 463 g/mol. The third-order valence-corrected chi connectivity index (χ3v) is 25.0. The van der Waals surface area contributed by atoms with E-state index in [1.165, 1.54) is 6.92 Å². The number of hydrogen-bond donors (Lipinski definition) is 1. The van der Waals surface area contributed by atoms with Crippen LogP contribution in [0.5, 0.6) is 0 Å². The van der Waals surface area contributed by atoms with Gasteiger partial charge in [-0.3, -0.25) is 4.79 Å². The van der Waals surface area contributed by atoms with E-state index in [2.05, 4.69) is 55.0 Å². The molecular weight excluding hydrogens is 421 g/mol. The number of allylic oxidation sites excluding steroid dienone is 1. The van der Waals surface area contributed by atoms with Gasteiger partial charge in [0.05, 0.1) is 6.61 Å². The summed E-state index contributed by atoms with van der Waals surface area (Å²) >= 11 is 0. The van der Waals surface area contributed by atoms with Crippen LogP contribution >= 0.6 is 0 Å². The molecule has 0 aromatic rings. The monoisotopic (exact) mass is 462 g/mol. The molecule has 1 fully saturated rings. The second kappa shape index (κ2) is 11.4. The molecule has 0 radical (unpaired) electrons. The zero-order valence-corrected chi connectivity index (χ0v) is 23.6. The van der Waals surface area contributed by atoms with Crippen molar-refractivity contribution in [2.24, 2.45) is 0 Å². The fourth-order valence-electron chi connectivity index (χ4n) is 4.36. The minimum absolute atomic E-state index is 0.240. The van der Waals surface area contributed by atoms with Gasteiger partial charge in [0.25, 0.3) is 0 Å². The van der Waals surface area contributed by atoms with Gasteiger partial charge in [0, 0.05) is 13.0 Å². The Morgan fingerprint density at radius 1 is 1.21 bits per heavy atom. The molecule has 0 spiro atoms. The predicted molar refractivity (Wildman–Crippen MR) is 126 cm³/mol. The maximum absolute atomic E-state index is 11.1. The van der Waals surface area contributed by atoms with E-state index in [-0.39, 0.29) is 5.97 Å². The van der Waals surface area contributed by atoms with E-state index in [4.69, 9.17) is 13.0 Å². The highest BCUT2D eigenvalue weighted by atomic mass is 28.5. The quantitative estimate of drug-likeness (QED) is 0.231. The van der Waals surface area contributed by atoms with Crippen LogP contribution in [-0.2, 0) is 17.8 Å². The fourth-order valence-corrected chi connectivity index (χ4v) is 30.2. The van der Waals surface area contributed by atoms with E-state index < -0.39 is 35.7 Å². The van der Waals surface area contributed by atoms with E-state index in [1.807, 2.05) is 0 Å². The first-order valence-electron chi connectivity index (χ1n) is 10.7. The predicted octanol–water partition coefficient (Wildman–Crippen LogP) is 3.85. The van der Waals surface area contributed by atoms with Gasteiger partial charge in [0.15, 0.2) is 27.1 Å². The highest BCUT2D eigenvalue weighted by Gasteiger charge is 2.53. The van der Waals surface area contributed by atoms with Crippen LogP contribution in [0.25, 0.3) is 0 Å². The molecular formula is C19H42O5Si4. The normalized spacial score (nSPS) is 30.3. The van der Waals surface area contributed by atoms with Crippen LogP contribution < -0.4 is 0 Å². The zero-order chi connectivity index (χ0) is 21.6. The fraction of sp³-hybridized carbons (Fsp3) is 0.842. The molecule has 9 heteroatoms. The van der Waals surface area contributed by atoms with Crippen LogP contribution in [0.3, 0.4) is 0 Å². The molecule has 1 aliphatic heterocycles. The van der Waals surface area contributed by atoms with Crippen molar-refractivity contribution in [3.63, 3.8) is 0 Å². The molecule has 0 bridgehead atoms. The summed E-state index contributed by atoms with van der Waals surface area (Å²) in [5.41, 5.74) is 2.01. The minimum Gasteiger partial charge on any atom is -0.466 e. The van der Waals surface area contributed by atoms with E-state index in [0.29, 0.717) is 28.0 Å². The number of ether oxygens (including phenoxy) is 1. The lowest BCUT2D eigenvalue weighted by Crippen LogP contribution is -2.62. The molecule has 1 aliphatic rings. The first-order chi connectivity index (χ1) is 12.9. The average Bonchev–Trinajstić information content (AvgIpc) is 2.58. The van der Waals surface area contributed by atoms with Crippen molar-refractivity contribution >= 4 is 41.7 Å². The Bertz CT molecular complexity index is 526. The summed E-state index contributed by atoms with van der Waals surface area (Å²) in [7, 11) is -7.41. The molecule has 1 N–H and O–H groups in total. The van der Waals surface area contributed by atoms with Crippen molar-refractivity contribution in [2.45, 2.75) is 95.3 Å². The second-order valence-electron chi connectivity index (χ2n) is 9.35. The van der Waals surface area contributed by atoms with Crippen LogP contribution in [0.2, 0.25) is 33.5 Å². The molecule has 1 saturated heterocycles. The lowest BCUT2D eigenvalue weighted by molar-refractivity contribution is -0.140. The number of rotatable bonds is 10. The van der Waals surface area contributed by atoms with Gasteiger partial charge in [0.1, 0.15) is 0 Å². The van der Waals surface area contributed by atoms with Crippen molar-refractivity contribution in [3.05, 3.63) is 12.2 Å². The molecule has 164 valence electrons. The summed E-state index contributed by atoms with van der Waals surface area (Å²) < 4.78 is 19.1. The highest BCUT2D eigenvalue weighted by Crippen LogP contribution is 2.43. The number of esters is 1.